The van der Waals surface area contributed by atoms with Crippen LogP contribution >= 0.6 is 0 Å². The Morgan fingerprint density at radius 1 is 0.857 bits per heavy atom. The van der Waals surface area contributed by atoms with E-state index in [1.165, 1.54) is 6.29 Å². The van der Waals surface area contributed by atoms with Gasteiger partial charge < -0.3 is 0 Å². The fourth-order valence-corrected chi connectivity index (χ4v) is 0.445. The van der Waals surface area contributed by atoms with Crippen molar-refractivity contribution in [2.45, 2.75) is 0 Å². The van der Waals surface area contributed by atoms with Crippen molar-refractivity contribution in [3.8, 4) is 0 Å². The quantitative estimate of drug-likeness (QED) is 0.182. The van der Waals surface area contributed by atoms with Crippen LogP contribution in [0.5, 0.6) is 0 Å². The van der Waals surface area contributed by atoms with Crippen molar-refractivity contribution in [1.82, 2.24) is 0 Å². The zero-order chi connectivity index (χ0) is 9.28. The molecule has 18 heteroatoms. The molecule has 120 valence electrons. The van der Waals surface area contributed by atoms with Crippen LogP contribution in [0.3, 0.4) is 0 Å². The molecule has 0 rings (SSSR count). The molecule has 21 heavy (non-hydrogen) atoms. The van der Waals surface area contributed by atoms with Gasteiger partial charge in [0.25, 0.3) is 0 Å². The van der Waals surface area contributed by atoms with Crippen LogP contribution in [0.1, 0.15) is 0 Å². The predicted molar refractivity (Wildman–Crippen MR) is 26.6 cm³/mol. The Balaban J connectivity index is -0.00000000647. The van der Waals surface area contributed by atoms with Crippen LogP contribution in [0.2, 0.25) is 0 Å². The zero-order valence-electron chi connectivity index (χ0n) is 9.00. The van der Waals surface area contributed by atoms with Crippen molar-refractivity contribution in [3.63, 3.8) is 0 Å². The van der Waals surface area contributed by atoms with Gasteiger partial charge in [-0.2, -0.15) is 0 Å². The van der Waals surface area contributed by atoms with Crippen molar-refractivity contribution in [2.24, 2.45) is 8.71 Å². The summed E-state index contributed by atoms with van der Waals surface area (Å²) in [5, 5.41) is 19.4. The molecule has 0 radical (unpaired) electrons. The molecule has 0 aromatic heterocycles. The molecule has 0 aromatic rings. The normalized spacial score (nSPS) is 4.67. The number of hydrogen-bond donors (Lipinski definition) is 1. The van der Waals surface area contributed by atoms with Crippen molar-refractivity contribution in [1.29, 1.82) is 0 Å². The average molecular weight is 2500 g/mol. The molecular formula is C3HN3O2W13-2. The molecule has 0 bridgehead atoms. The van der Waals surface area contributed by atoms with Gasteiger partial charge in [-0.15, -0.1) is 0 Å². The zero-order valence-corrected chi connectivity index (χ0v) is 47.1. The Kier molecular flexibility index (Phi) is 267. The van der Waals surface area contributed by atoms with Gasteiger partial charge in [-0.1, -0.05) is 0 Å². The maximum absolute atomic E-state index is 9.69. The van der Waals surface area contributed by atoms with Crippen LogP contribution in [-0.2, 0) is 268 Å². The van der Waals surface area contributed by atoms with E-state index in [2.05, 4.69) is 8.71 Å². The molecule has 0 heterocycles. The summed E-state index contributed by atoms with van der Waals surface area (Å²) in [4.78, 5) is 9.69. The third-order valence-electron chi connectivity index (χ3n) is 0.449. The Bertz CT molecular complexity index is 203. The second-order valence-electron chi connectivity index (χ2n) is 0.956. The summed E-state index contributed by atoms with van der Waals surface area (Å²) >= 11 is 4.10. The van der Waals surface area contributed by atoms with Crippen molar-refractivity contribution in [2.75, 3.05) is 0 Å². The van der Waals surface area contributed by atoms with Gasteiger partial charge in [0.05, 0.1) is 0 Å². The third kappa shape index (κ3) is 65.7. The van der Waals surface area contributed by atoms with Crippen LogP contribution in [-0.4, -0.2) is 23.0 Å². The molecule has 0 saturated heterocycles. The molecular weight excluding hydrogens is 2500 g/mol. The van der Waals surface area contributed by atoms with Gasteiger partial charge in [-0.05, 0) is 0 Å². The number of nitrogens with zero attached hydrogens (tertiary/aromatic N) is 3. The molecule has 0 aliphatic carbocycles. The van der Waals surface area contributed by atoms with Gasteiger partial charge >= 0.3 is 94.0 Å². The van der Waals surface area contributed by atoms with Gasteiger partial charge in [0, 0.05) is 211 Å². The molecule has 0 spiro atoms. The molecule has 0 atom stereocenters. The van der Waals surface area contributed by atoms with Crippen LogP contribution in [0, 0.1) is 0 Å². The maximum atomic E-state index is 9.69. The average Bonchev–Trinajstić information content (AvgIpc) is 2.03. The predicted octanol–water partition coefficient (Wildman–Crippen LogP) is -0.322. The van der Waals surface area contributed by atoms with Crippen LogP contribution < -0.4 is 0 Å². The molecule has 0 saturated carbocycles. The molecule has 0 unspecified atom stereocenters. The van der Waals surface area contributed by atoms with E-state index in [1.54, 1.807) is 32.4 Å². The van der Waals surface area contributed by atoms with Gasteiger partial charge in [0.2, 0.25) is 0 Å². The Morgan fingerprint density at radius 2 is 1.10 bits per heavy atom. The van der Waals surface area contributed by atoms with Crippen molar-refractivity contribution < 1.29 is 273 Å². The molecule has 0 amide bonds. The molecule has 1 N–H and O–H groups in total. The van der Waals surface area contributed by atoms with E-state index in [4.69, 9.17) is 10.5 Å². The second kappa shape index (κ2) is 70.9. The first kappa shape index (κ1) is 79.1. The monoisotopic (exact) mass is 2500 g/mol. The first-order valence-electron chi connectivity index (χ1n) is 1.92. The van der Waals surface area contributed by atoms with E-state index in [0.29, 0.717) is 0 Å². The number of aliphatic hydroxyl groups excluding tert-OH is 1. The molecule has 5 nitrogen and oxygen atoms in total. The van der Waals surface area contributed by atoms with E-state index in [1.807, 2.05) is 0 Å². The summed E-state index contributed by atoms with van der Waals surface area (Å²) in [6, 6.07) is 0. The van der Waals surface area contributed by atoms with E-state index in [0.717, 1.165) is 19.6 Å². The topological polar surface area (TPSA) is 84.3 Å². The Labute approximate surface area is 297 Å². The van der Waals surface area contributed by atoms with Gasteiger partial charge in [0.15, 0.2) is 0 Å². The Morgan fingerprint density at radius 3 is 1.14 bits per heavy atom. The standard InChI is InChI=1S/C3HN3O2.13W/c4-3(8)2(1-7)6-5;;;;;;;;;;;;;/h(H-,4,8);;;;;;;;;;;;;/q-2;;;;;;;;;;;;;. The number of aliphatic hydroxyl groups is 1. The molecule has 0 fully saturated rings. The van der Waals surface area contributed by atoms with E-state index < -0.39 is 11.6 Å². The summed E-state index contributed by atoms with van der Waals surface area (Å²) in [7, 11) is 0. The van der Waals surface area contributed by atoms with Crippen molar-refractivity contribution >= 4 is 17.9 Å². The second-order valence-corrected chi connectivity index (χ2v) is 1.54. The van der Waals surface area contributed by atoms with Crippen LogP contribution in [0.25, 0.3) is 5.41 Å². The summed E-state index contributed by atoms with van der Waals surface area (Å²) in [6.07, 6.45) is 1.18. The third-order valence-corrected chi connectivity index (χ3v) is 0.743. The molecule has 0 aromatic carbocycles. The first-order valence-corrected chi connectivity index (χ1v) is 14.2. The SMILES string of the molecule is [N-]=C(O)C([C-]=O)=N[N]=[W].[W].[W].[W].[W].[W].[W].[W].[W].[W].[W].[W]=[W]. The summed E-state index contributed by atoms with van der Waals surface area (Å²) < 4.78 is 3.20. The minimum absolute atomic E-state index is 0. The van der Waals surface area contributed by atoms with Crippen LogP contribution in [0.15, 0.2) is 8.71 Å². The van der Waals surface area contributed by atoms with Crippen molar-refractivity contribution in [3.05, 3.63) is 5.41 Å². The van der Waals surface area contributed by atoms with Gasteiger partial charge in [-0.25, -0.2) is 0 Å². The molecule has 0 aliphatic rings. The van der Waals surface area contributed by atoms with E-state index in [-0.39, 0.29) is 211 Å². The summed E-state index contributed by atoms with van der Waals surface area (Å²) in [5.41, 5.74) is -0.579. The van der Waals surface area contributed by atoms with Gasteiger partial charge in [-0.3, -0.25) is 0 Å². The van der Waals surface area contributed by atoms with Gasteiger partial charge in [0.1, 0.15) is 0 Å². The summed E-state index contributed by atoms with van der Waals surface area (Å²) in [5.74, 6) is -1.16. The number of rotatable bonds is 3. The number of carbonyl (C=O) groups excluding carboxylic acids is 1. The molecule has 0 aliphatic heterocycles. The van der Waals surface area contributed by atoms with E-state index in [9.17, 15) is 4.79 Å². The number of hydrogen-bond acceptors (Lipinski definition) is 3. The fraction of sp³-hybridized carbons (Fsp3) is 0. The fourth-order valence-electron chi connectivity index (χ4n) is 0.152. The first-order chi connectivity index (χ1) is 5.22. The Hall–Kier alpha value is 7.56. The summed E-state index contributed by atoms with van der Waals surface area (Å²) in [6.45, 7) is 0. The van der Waals surface area contributed by atoms with E-state index >= 15 is 0 Å². The minimum atomic E-state index is -1.16. The van der Waals surface area contributed by atoms with Crippen LogP contribution in [0.4, 0.5) is 0 Å².